The van der Waals surface area contributed by atoms with Gasteiger partial charge in [0.1, 0.15) is 5.75 Å². The number of para-hydroxylation sites is 1. The van der Waals surface area contributed by atoms with Crippen molar-refractivity contribution < 1.29 is 14.3 Å². The summed E-state index contributed by atoms with van der Waals surface area (Å²) in [4.78, 5) is 27.5. The molecule has 0 bridgehead atoms. The smallest absolute Gasteiger partial charge is 0.265 e. The van der Waals surface area contributed by atoms with Crippen molar-refractivity contribution in [1.82, 2.24) is 4.90 Å². The fraction of sp³-hybridized carbons (Fsp3) is 0.364. The maximum Gasteiger partial charge on any atom is 0.265 e. The predicted octanol–water partition coefficient (Wildman–Crippen LogP) is 4.76. The van der Waals surface area contributed by atoms with Crippen LogP contribution in [0, 0.1) is 0 Å². The molecule has 2 amide bonds. The summed E-state index contributed by atoms with van der Waals surface area (Å²) in [6.07, 6.45) is 3.03. The molecule has 3 rings (SSSR count). The standard InChI is InChI=1S/C22H25ClN2O3/c1-2-20(28-17-12-10-16(23)11-13-17)21(26)24-19-9-5-4-8-18(19)22(27)25-14-6-3-7-15-25/h4-5,8-13,20H,2-3,6-7,14-15H2,1H3,(H,24,26)/t20-/m1/s1. The molecular weight excluding hydrogens is 376 g/mol. The van der Waals surface area contributed by atoms with E-state index in [4.69, 9.17) is 16.3 Å². The van der Waals surface area contributed by atoms with Gasteiger partial charge in [0.25, 0.3) is 11.8 Å². The van der Waals surface area contributed by atoms with Gasteiger partial charge in [0.15, 0.2) is 6.10 Å². The number of hydrogen-bond donors (Lipinski definition) is 1. The van der Waals surface area contributed by atoms with E-state index in [0.717, 1.165) is 32.4 Å². The van der Waals surface area contributed by atoms with Crippen LogP contribution in [-0.4, -0.2) is 35.9 Å². The molecule has 1 aliphatic rings. The zero-order valence-corrected chi connectivity index (χ0v) is 16.7. The van der Waals surface area contributed by atoms with Gasteiger partial charge in [-0.1, -0.05) is 30.7 Å². The van der Waals surface area contributed by atoms with Crippen LogP contribution < -0.4 is 10.1 Å². The summed E-state index contributed by atoms with van der Waals surface area (Å²) >= 11 is 5.89. The normalized spacial score (nSPS) is 15.0. The van der Waals surface area contributed by atoms with Gasteiger partial charge in [-0.15, -0.1) is 0 Å². The van der Waals surface area contributed by atoms with E-state index in [2.05, 4.69) is 5.32 Å². The zero-order chi connectivity index (χ0) is 19.9. The molecule has 0 saturated carbocycles. The molecular formula is C22H25ClN2O3. The van der Waals surface area contributed by atoms with Crippen molar-refractivity contribution in [2.45, 2.75) is 38.7 Å². The number of rotatable bonds is 6. The second-order valence-electron chi connectivity index (χ2n) is 6.86. The number of benzene rings is 2. The van der Waals surface area contributed by atoms with Crippen LogP contribution in [0.2, 0.25) is 5.02 Å². The Morgan fingerprint density at radius 3 is 2.43 bits per heavy atom. The second kappa shape index (κ2) is 9.60. The minimum atomic E-state index is -0.667. The van der Waals surface area contributed by atoms with E-state index in [-0.39, 0.29) is 11.8 Å². The molecule has 148 valence electrons. The van der Waals surface area contributed by atoms with Gasteiger partial charge >= 0.3 is 0 Å². The number of hydrogen-bond acceptors (Lipinski definition) is 3. The Kier molecular flexibility index (Phi) is 6.93. The Balaban J connectivity index is 1.72. The van der Waals surface area contributed by atoms with E-state index < -0.39 is 6.10 Å². The van der Waals surface area contributed by atoms with Crippen molar-refractivity contribution in [1.29, 1.82) is 0 Å². The van der Waals surface area contributed by atoms with Crippen LogP contribution in [0.4, 0.5) is 5.69 Å². The summed E-state index contributed by atoms with van der Waals surface area (Å²) in [7, 11) is 0. The molecule has 0 spiro atoms. The first-order valence-corrected chi connectivity index (χ1v) is 10.1. The summed E-state index contributed by atoms with van der Waals surface area (Å²) in [6.45, 7) is 3.40. The average Bonchev–Trinajstić information content (AvgIpc) is 2.73. The Morgan fingerprint density at radius 2 is 1.75 bits per heavy atom. The van der Waals surface area contributed by atoms with Crippen molar-refractivity contribution in [2.75, 3.05) is 18.4 Å². The van der Waals surface area contributed by atoms with Gasteiger partial charge in [-0.3, -0.25) is 9.59 Å². The first-order chi connectivity index (χ1) is 13.6. The number of carbonyl (C=O) groups is 2. The molecule has 28 heavy (non-hydrogen) atoms. The van der Waals surface area contributed by atoms with E-state index in [9.17, 15) is 9.59 Å². The van der Waals surface area contributed by atoms with Crippen molar-refractivity contribution in [3.05, 3.63) is 59.1 Å². The van der Waals surface area contributed by atoms with Gasteiger partial charge in [0, 0.05) is 18.1 Å². The second-order valence-corrected chi connectivity index (χ2v) is 7.29. The summed E-state index contributed by atoms with van der Waals surface area (Å²) in [6, 6.07) is 14.0. The van der Waals surface area contributed by atoms with E-state index in [1.807, 2.05) is 24.0 Å². The van der Waals surface area contributed by atoms with Crippen LogP contribution in [0.1, 0.15) is 43.0 Å². The number of ether oxygens (including phenoxy) is 1. The first kappa shape index (κ1) is 20.2. The van der Waals surface area contributed by atoms with Crippen LogP contribution >= 0.6 is 11.6 Å². The topological polar surface area (TPSA) is 58.6 Å². The Labute approximate surface area is 170 Å². The molecule has 1 aliphatic heterocycles. The predicted molar refractivity (Wildman–Crippen MR) is 111 cm³/mol. The molecule has 6 heteroatoms. The van der Waals surface area contributed by atoms with Gasteiger partial charge in [-0.05, 0) is 62.1 Å². The highest BCUT2D eigenvalue weighted by molar-refractivity contribution is 6.30. The number of amides is 2. The molecule has 0 radical (unpaired) electrons. The number of anilines is 1. The summed E-state index contributed by atoms with van der Waals surface area (Å²) in [5.74, 6) is 0.252. The molecule has 0 unspecified atom stereocenters. The molecule has 5 nitrogen and oxygen atoms in total. The van der Waals surface area contributed by atoms with Crippen LogP contribution in [0.15, 0.2) is 48.5 Å². The van der Waals surface area contributed by atoms with Crippen LogP contribution in [0.3, 0.4) is 0 Å². The van der Waals surface area contributed by atoms with Crippen LogP contribution in [-0.2, 0) is 4.79 Å². The van der Waals surface area contributed by atoms with Crippen molar-refractivity contribution in [3.8, 4) is 5.75 Å². The van der Waals surface area contributed by atoms with E-state index in [1.54, 1.807) is 36.4 Å². The fourth-order valence-corrected chi connectivity index (χ4v) is 3.38. The lowest BCUT2D eigenvalue weighted by atomic mass is 10.1. The third kappa shape index (κ3) is 5.04. The SMILES string of the molecule is CC[C@@H](Oc1ccc(Cl)cc1)C(=O)Nc1ccccc1C(=O)N1CCCCC1. The van der Waals surface area contributed by atoms with E-state index in [0.29, 0.717) is 28.4 Å². The maximum absolute atomic E-state index is 12.9. The third-order valence-corrected chi connectivity index (χ3v) is 5.07. The molecule has 1 saturated heterocycles. The average molecular weight is 401 g/mol. The summed E-state index contributed by atoms with van der Waals surface area (Å²) in [5.41, 5.74) is 1.03. The van der Waals surface area contributed by atoms with Gasteiger partial charge in [-0.2, -0.15) is 0 Å². The lowest BCUT2D eigenvalue weighted by molar-refractivity contribution is -0.122. The monoisotopic (exact) mass is 400 g/mol. The third-order valence-electron chi connectivity index (χ3n) is 4.81. The van der Waals surface area contributed by atoms with Crippen LogP contribution in [0.25, 0.3) is 0 Å². The van der Waals surface area contributed by atoms with Gasteiger partial charge < -0.3 is 15.0 Å². The largest absolute Gasteiger partial charge is 0.481 e. The molecule has 2 aromatic carbocycles. The van der Waals surface area contributed by atoms with Crippen LogP contribution in [0.5, 0.6) is 5.75 Å². The number of nitrogens with zero attached hydrogens (tertiary/aromatic N) is 1. The van der Waals surface area contributed by atoms with E-state index >= 15 is 0 Å². The number of piperidine rings is 1. The Bertz CT molecular complexity index is 817. The summed E-state index contributed by atoms with van der Waals surface area (Å²) in [5, 5.41) is 3.48. The van der Waals surface area contributed by atoms with Gasteiger partial charge in [0.2, 0.25) is 0 Å². The molecule has 1 heterocycles. The molecule has 1 fully saturated rings. The lowest BCUT2D eigenvalue weighted by Crippen LogP contribution is -2.37. The van der Waals surface area contributed by atoms with Gasteiger partial charge in [0.05, 0.1) is 11.3 Å². The first-order valence-electron chi connectivity index (χ1n) is 9.70. The minimum Gasteiger partial charge on any atom is -0.481 e. The quantitative estimate of drug-likeness (QED) is 0.760. The highest BCUT2D eigenvalue weighted by atomic mass is 35.5. The van der Waals surface area contributed by atoms with Crippen molar-refractivity contribution in [2.24, 2.45) is 0 Å². The zero-order valence-electron chi connectivity index (χ0n) is 16.0. The maximum atomic E-state index is 12.9. The highest BCUT2D eigenvalue weighted by Crippen LogP contribution is 2.22. The number of nitrogens with one attached hydrogen (secondary N) is 1. The molecule has 1 atom stereocenters. The number of carbonyl (C=O) groups excluding carboxylic acids is 2. The van der Waals surface area contributed by atoms with Crippen molar-refractivity contribution >= 4 is 29.1 Å². The minimum absolute atomic E-state index is 0.0396. The Morgan fingerprint density at radius 1 is 1.07 bits per heavy atom. The van der Waals surface area contributed by atoms with E-state index in [1.165, 1.54) is 0 Å². The highest BCUT2D eigenvalue weighted by Gasteiger charge is 2.24. The number of halogens is 1. The molecule has 0 aromatic heterocycles. The van der Waals surface area contributed by atoms with Gasteiger partial charge in [-0.25, -0.2) is 0 Å². The molecule has 2 aromatic rings. The van der Waals surface area contributed by atoms with Crippen molar-refractivity contribution in [3.63, 3.8) is 0 Å². The molecule has 0 aliphatic carbocycles. The summed E-state index contributed by atoms with van der Waals surface area (Å²) < 4.78 is 5.80. The fourth-order valence-electron chi connectivity index (χ4n) is 3.26. The Hall–Kier alpha value is -2.53. The molecule has 1 N–H and O–H groups in total. The lowest BCUT2D eigenvalue weighted by Gasteiger charge is -2.27. The number of likely N-dealkylation sites (tertiary alicyclic amines) is 1.